The van der Waals surface area contributed by atoms with E-state index in [-0.39, 0.29) is 0 Å². The van der Waals surface area contributed by atoms with E-state index in [9.17, 15) is 0 Å². The molecule has 0 aliphatic carbocycles. The van der Waals surface area contributed by atoms with E-state index in [0.717, 1.165) is 27.9 Å². The molecule has 0 saturated heterocycles. The summed E-state index contributed by atoms with van der Waals surface area (Å²) in [6.07, 6.45) is 0. The summed E-state index contributed by atoms with van der Waals surface area (Å²) in [6.45, 7) is 2.08. The van der Waals surface area contributed by atoms with Crippen molar-refractivity contribution in [2.45, 2.75) is 12.1 Å². The van der Waals surface area contributed by atoms with Crippen LogP contribution in [-0.4, -0.2) is 27.6 Å². The van der Waals surface area contributed by atoms with Crippen molar-refractivity contribution < 1.29 is 4.74 Å². The summed E-state index contributed by atoms with van der Waals surface area (Å²) in [5.41, 5.74) is 1.74. The third-order valence-electron chi connectivity index (χ3n) is 3.35. The first-order valence-corrected chi connectivity index (χ1v) is 8.59. The third-order valence-corrected chi connectivity index (χ3v) is 4.49. The standard InChI is InChI=1S/C17H16ClN3OS/c1-3-23-17-20-19-16(12-8-4-5-9-13(12)18)21(17)14-10-6-7-11-15(14)22-2/h4-11H,3H2,1-2H3. The van der Waals surface area contributed by atoms with E-state index in [4.69, 9.17) is 16.3 Å². The molecular weight excluding hydrogens is 330 g/mol. The lowest BCUT2D eigenvalue weighted by Gasteiger charge is -2.14. The highest BCUT2D eigenvalue weighted by Crippen LogP contribution is 2.34. The van der Waals surface area contributed by atoms with Crippen LogP contribution in [0.3, 0.4) is 0 Å². The lowest BCUT2D eigenvalue weighted by Crippen LogP contribution is -2.02. The van der Waals surface area contributed by atoms with Crippen LogP contribution < -0.4 is 4.74 Å². The monoisotopic (exact) mass is 345 g/mol. The fourth-order valence-corrected chi connectivity index (χ4v) is 3.23. The molecule has 1 heterocycles. The Labute approximate surface area is 144 Å². The van der Waals surface area contributed by atoms with Crippen molar-refractivity contribution in [3.63, 3.8) is 0 Å². The summed E-state index contributed by atoms with van der Waals surface area (Å²) < 4.78 is 7.50. The molecule has 0 saturated carbocycles. The van der Waals surface area contributed by atoms with Crippen molar-refractivity contribution in [1.82, 2.24) is 14.8 Å². The number of hydrogen-bond donors (Lipinski definition) is 0. The van der Waals surface area contributed by atoms with Gasteiger partial charge in [-0.15, -0.1) is 10.2 Å². The molecular formula is C17H16ClN3OS. The number of aromatic nitrogens is 3. The van der Waals surface area contributed by atoms with Crippen LogP contribution in [0.4, 0.5) is 0 Å². The minimum absolute atomic E-state index is 0.643. The highest BCUT2D eigenvalue weighted by atomic mass is 35.5. The van der Waals surface area contributed by atoms with Gasteiger partial charge in [0.1, 0.15) is 5.75 Å². The average molecular weight is 346 g/mol. The summed E-state index contributed by atoms with van der Waals surface area (Å²) in [5.74, 6) is 2.37. The van der Waals surface area contributed by atoms with Crippen molar-refractivity contribution in [3.8, 4) is 22.8 Å². The van der Waals surface area contributed by atoms with E-state index in [0.29, 0.717) is 10.8 Å². The average Bonchev–Trinajstić information content (AvgIpc) is 2.99. The third kappa shape index (κ3) is 3.07. The van der Waals surface area contributed by atoms with Crippen molar-refractivity contribution >= 4 is 23.4 Å². The summed E-state index contributed by atoms with van der Waals surface area (Å²) in [5, 5.41) is 10.2. The van der Waals surface area contributed by atoms with Gasteiger partial charge in [0.2, 0.25) is 0 Å². The number of para-hydroxylation sites is 2. The van der Waals surface area contributed by atoms with Crippen LogP contribution >= 0.6 is 23.4 Å². The maximum Gasteiger partial charge on any atom is 0.196 e. The summed E-state index contributed by atoms with van der Waals surface area (Å²) >= 11 is 7.99. The van der Waals surface area contributed by atoms with E-state index in [2.05, 4.69) is 17.1 Å². The van der Waals surface area contributed by atoms with E-state index < -0.39 is 0 Å². The fourth-order valence-electron chi connectivity index (χ4n) is 2.34. The number of nitrogens with zero attached hydrogens (tertiary/aromatic N) is 3. The molecule has 0 radical (unpaired) electrons. The van der Waals surface area contributed by atoms with Crippen LogP contribution in [-0.2, 0) is 0 Å². The van der Waals surface area contributed by atoms with Crippen LogP contribution in [0.1, 0.15) is 6.92 Å². The summed E-state index contributed by atoms with van der Waals surface area (Å²) in [7, 11) is 1.66. The zero-order valence-electron chi connectivity index (χ0n) is 12.9. The Bertz CT molecular complexity index is 819. The molecule has 0 spiro atoms. The van der Waals surface area contributed by atoms with Gasteiger partial charge in [-0.05, 0) is 30.0 Å². The molecule has 23 heavy (non-hydrogen) atoms. The van der Waals surface area contributed by atoms with Gasteiger partial charge in [0.25, 0.3) is 0 Å². The van der Waals surface area contributed by atoms with Crippen LogP contribution in [0.2, 0.25) is 5.02 Å². The van der Waals surface area contributed by atoms with Crippen molar-refractivity contribution in [2.24, 2.45) is 0 Å². The van der Waals surface area contributed by atoms with E-state index in [1.54, 1.807) is 18.9 Å². The number of benzene rings is 2. The Morgan fingerprint density at radius 2 is 1.83 bits per heavy atom. The van der Waals surface area contributed by atoms with Gasteiger partial charge in [0.05, 0.1) is 17.8 Å². The van der Waals surface area contributed by atoms with Crippen molar-refractivity contribution in [2.75, 3.05) is 12.9 Å². The second-order valence-corrected chi connectivity index (χ2v) is 6.36. The van der Waals surface area contributed by atoms with Crippen LogP contribution in [0.15, 0.2) is 53.7 Å². The maximum atomic E-state index is 6.36. The van der Waals surface area contributed by atoms with Gasteiger partial charge in [0, 0.05) is 5.56 Å². The minimum Gasteiger partial charge on any atom is -0.495 e. The Balaban J connectivity index is 2.25. The number of methoxy groups -OCH3 is 1. The Morgan fingerprint density at radius 1 is 1.09 bits per heavy atom. The van der Waals surface area contributed by atoms with Gasteiger partial charge in [-0.2, -0.15) is 0 Å². The van der Waals surface area contributed by atoms with Gasteiger partial charge in [-0.25, -0.2) is 0 Å². The molecule has 0 aliphatic rings. The molecule has 2 aromatic carbocycles. The number of hydrogen-bond acceptors (Lipinski definition) is 4. The number of halogens is 1. The molecule has 0 fully saturated rings. The highest BCUT2D eigenvalue weighted by molar-refractivity contribution is 7.99. The summed E-state index contributed by atoms with van der Waals surface area (Å²) in [4.78, 5) is 0. The van der Waals surface area contributed by atoms with Crippen molar-refractivity contribution in [3.05, 3.63) is 53.6 Å². The van der Waals surface area contributed by atoms with Gasteiger partial charge in [-0.1, -0.05) is 54.6 Å². The molecule has 1 aromatic heterocycles. The first-order chi connectivity index (χ1) is 11.3. The highest BCUT2D eigenvalue weighted by Gasteiger charge is 2.19. The molecule has 4 nitrogen and oxygen atoms in total. The normalized spacial score (nSPS) is 10.7. The SMILES string of the molecule is CCSc1nnc(-c2ccccc2Cl)n1-c1ccccc1OC. The molecule has 0 atom stereocenters. The van der Waals surface area contributed by atoms with Crippen LogP contribution in [0, 0.1) is 0 Å². The fraction of sp³-hybridized carbons (Fsp3) is 0.176. The maximum absolute atomic E-state index is 6.36. The van der Waals surface area contributed by atoms with E-state index >= 15 is 0 Å². The van der Waals surface area contributed by atoms with Crippen molar-refractivity contribution in [1.29, 1.82) is 0 Å². The number of rotatable bonds is 5. The van der Waals surface area contributed by atoms with E-state index in [1.807, 2.05) is 53.1 Å². The molecule has 6 heteroatoms. The van der Waals surface area contributed by atoms with Gasteiger partial charge < -0.3 is 4.74 Å². The van der Waals surface area contributed by atoms with Crippen LogP contribution in [0.25, 0.3) is 17.1 Å². The molecule has 0 aliphatic heterocycles. The quantitative estimate of drug-likeness (QED) is 0.628. The second kappa shape index (κ2) is 7.06. The smallest absolute Gasteiger partial charge is 0.196 e. The minimum atomic E-state index is 0.643. The largest absolute Gasteiger partial charge is 0.495 e. The Hall–Kier alpha value is -1.98. The zero-order chi connectivity index (χ0) is 16.2. The Kier molecular flexibility index (Phi) is 4.88. The van der Waals surface area contributed by atoms with Crippen LogP contribution in [0.5, 0.6) is 5.75 Å². The molecule has 0 bridgehead atoms. The molecule has 3 rings (SSSR count). The molecule has 118 valence electrons. The first-order valence-electron chi connectivity index (χ1n) is 7.22. The zero-order valence-corrected chi connectivity index (χ0v) is 14.4. The first kappa shape index (κ1) is 15.9. The molecule has 3 aromatic rings. The molecule has 0 N–H and O–H groups in total. The van der Waals surface area contributed by atoms with Gasteiger partial charge in [-0.3, -0.25) is 4.57 Å². The van der Waals surface area contributed by atoms with Gasteiger partial charge >= 0.3 is 0 Å². The molecule has 0 unspecified atom stereocenters. The predicted octanol–water partition coefficient (Wildman–Crippen LogP) is 4.71. The molecule has 0 amide bonds. The number of thioether (sulfide) groups is 1. The van der Waals surface area contributed by atoms with E-state index in [1.165, 1.54) is 0 Å². The number of ether oxygens (including phenoxy) is 1. The predicted molar refractivity (Wildman–Crippen MR) is 94.8 cm³/mol. The second-order valence-electron chi connectivity index (χ2n) is 4.73. The lowest BCUT2D eigenvalue weighted by atomic mass is 10.2. The topological polar surface area (TPSA) is 39.9 Å². The van der Waals surface area contributed by atoms with Gasteiger partial charge in [0.15, 0.2) is 11.0 Å². The summed E-state index contributed by atoms with van der Waals surface area (Å²) in [6, 6.07) is 15.5. The Morgan fingerprint density at radius 3 is 2.57 bits per heavy atom. The lowest BCUT2D eigenvalue weighted by molar-refractivity contribution is 0.412.